The molecule has 1 atom stereocenters. The molecular weight excluding hydrogens is 270 g/mol. The van der Waals surface area contributed by atoms with Crippen LogP contribution in [0.2, 0.25) is 5.02 Å². The van der Waals surface area contributed by atoms with Crippen LogP contribution in [-0.2, 0) is 4.79 Å². The first-order valence-electron chi connectivity index (χ1n) is 5.91. The highest BCUT2D eigenvalue weighted by Gasteiger charge is 2.17. The average molecular weight is 286 g/mol. The molecule has 1 amide bonds. The lowest BCUT2D eigenvalue weighted by atomic mass is 10.2. The van der Waals surface area contributed by atoms with Crippen molar-refractivity contribution in [2.24, 2.45) is 0 Å². The second-order valence-electron chi connectivity index (χ2n) is 4.13. The topological polar surface area (TPSA) is 84.3 Å². The maximum absolute atomic E-state index is 11.8. The van der Waals surface area contributed by atoms with Gasteiger partial charge < -0.3 is 10.6 Å². The fourth-order valence-electron chi connectivity index (χ4n) is 1.66. The summed E-state index contributed by atoms with van der Waals surface area (Å²) < 4.78 is 0. The zero-order chi connectivity index (χ0) is 14.4. The van der Waals surface area contributed by atoms with E-state index in [1.54, 1.807) is 0 Å². The summed E-state index contributed by atoms with van der Waals surface area (Å²) in [6.45, 7) is 4.58. The van der Waals surface area contributed by atoms with Crippen LogP contribution in [0.3, 0.4) is 0 Å². The number of nitrogens with one attached hydrogen (secondary N) is 2. The minimum Gasteiger partial charge on any atom is -0.320 e. The summed E-state index contributed by atoms with van der Waals surface area (Å²) in [4.78, 5) is 22.0. The molecule has 6 nitrogen and oxygen atoms in total. The van der Waals surface area contributed by atoms with Crippen LogP contribution >= 0.6 is 11.6 Å². The number of hydrogen-bond acceptors (Lipinski definition) is 4. The molecule has 0 radical (unpaired) electrons. The third-order valence-electron chi connectivity index (χ3n) is 2.47. The largest absolute Gasteiger partial charge is 0.320 e. The standard InChI is InChI=1S/C12H16ClN3O3/c1-3-14-8(2)6-12(17)15-10-5-4-9(13)7-11(10)16(18)19/h4-5,7-8,14H,3,6H2,1-2H3,(H,15,17). The lowest BCUT2D eigenvalue weighted by Gasteiger charge is -2.12. The van der Waals surface area contributed by atoms with Crippen molar-refractivity contribution in [3.05, 3.63) is 33.3 Å². The molecule has 1 aromatic rings. The zero-order valence-corrected chi connectivity index (χ0v) is 11.5. The Balaban J connectivity index is 2.76. The van der Waals surface area contributed by atoms with E-state index < -0.39 is 4.92 Å². The lowest BCUT2D eigenvalue weighted by Crippen LogP contribution is -2.30. The number of nitro groups is 1. The normalized spacial score (nSPS) is 11.9. The Hall–Kier alpha value is -1.66. The van der Waals surface area contributed by atoms with Gasteiger partial charge in [-0.2, -0.15) is 0 Å². The van der Waals surface area contributed by atoms with E-state index in [-0.39, 0.29) is 34.8 Å². The number of carbonyl (C=O) groups is 1. The average Bonchev–Trinajstić information content (AvgIpc) is 2.31. The molecule has 0 aromatic heterocycles. The number of nitro benzene ring substituents is 1. The van der Waals surface area contributed by atoms with E-state index >= 15 is 0 Å². The van der Waals surface area contributed by atoms with Gasteiger partial charge in [0.25, 0.3) is 5.69 Å². The molecule has 0 spiro atoms. The van der Waals surface area contributed by atoms with Crippen LogP contribution in [0.1, 0.15) is 20.3 Å². The lowest BCUT2D eigenvalue weighted by molar-refractivity contribution is -0.383. The highest BCUT2D eigenvalue weighted by atomic mass is 35.5. The van der Waals surface area contributed by atoms with Gasteiger partial charge in [0, 0.05) is 23.6 Å². The summed E-state index contributed by atoms with van der Waals surface area (Å²) in [5.41, 5.74) is -0.0555. The molecule has 0 fully saturated rings. The van der Waals surface area contributed by atoms with E-state index in [1.807, 2.05) is 13.8 Å². The first-order chi connectivity index (χ1) is 8.93. The number of nitrogens with zero attached hydrogens (tertiary/aromatic N) is 1. The van der Waals surface area contributed by atoms with Crippen molar-refractivity contribution in [1.82, 2.24) is 5.32 Å². The summed E-state index contributed by atoms with van der Waals surface area (Å²) in [6, 6.07) is 4.15. The number of halogens is 1. The maximum Gasteiger partial charge on any atom is 0.294 e. The molecule has 0 aliphatic carbocycles. The minimum atomic E-state index is -0.574. The molecule has 1 aromatic carbocycles. The van der Waals surface area contributed by atoms with Gasteiger partial charge in [-0.25, -0.2) is 0 Å². The highest BCUT2D eigenvalue weighted by molar-refractivity contribution is 6.31. The van der Waals surface area contributed by atoms with Gasteiger partial charge in [0.1, 0.15) is 5.69 Å². The van der Waals surface area contributed by atoms with E-state index in [9.17, 15) is 14.9 Å². The van der Waals surface area contributed by atoms with Gasteiger partial charge in [0.15, 0.2) is 0 Å². The van der Waals surface area contributed by atoms with Crippen molar-refractivity contribution in [3.63, 3.8) is 0 Å². The maximum atomic E-state index is 11.8. The molecule has 0 bridgehead atoms. The summed E-state index contributed by atoms with van der Waals surface area (Å²) in [5.74, 6) is -0.279. The third-order valence-corrected chi connectivity index (χ3v) is 2.71. The van der Waals surface area contributed by atoms with Gasteiger partial charge in [0.2, 0.25) is 5.91 Å². The minimum absolute atomic E-state index is 0.0105. The van der Waals surface area contributed by atoms with E-state index in [4.69, 9.17) is 11.6 Å². The van der Waals surface area contributed by atoms with Crippen molar-refractivity contribution >= 4 is 28.9 Å². The van der Waals surface area contributed by atoms with Crippen molar-refractivity contribution in [2.75, 3.05) is 11.9 Å². The Kier molecular flexibility index (Phi) is 5.72. The summed E-state index contributed by atoms with van der Waals surface area (Å²) in [7, 11) is 0. The van der Waals surface area contributed by atoms with Gasteiger partial charge in [-0.05, 0) is 25.6 Å². The van der Waals surface area contributed by atoms with Crippen LogP contribution in [0.25, 0.3) is 0 Å². The molecule has 104 valence electrons. The smallest absolute Gasteiger partial charge is 0.294 e. The van der Waals surface area contributed by atoms with Crippen LogP contribution in [0.4, 0.5) is 11.4 Å². The van der Waals surface area contributed by atoms with E-state index in [0.29, 0.717) is 0 Å². The van der Waals surface area contributed by atoms with Gasteiger partial charge in [-0.1, -0.05) is 18.5 Å². The zero-order valence-electron chi connectivity index (χ0n) is 10.8. The summed E-state index contributed by atoms with van der Waals surface area (Å²) in [5, 5.41) is 16.7. The van der Waals surface area contributed by atoms with Crippen LogP contribution in [-0.4, -0.2) is 23.4 Å². The van der Waals surface area contributed by atoms with Crippen LogP contribution in [0, 0.1) is 10.1 Å². The van der Waals surface area contributed by atoms with Crippen molar-refractivity contribution in [2.45, 2.75) is 26.3 Å². The number of anilines is 1. The fourth-order valence-corrected chi connectivity index (χ4v) is 1.83. The van der Waals surface area contributed by atoms with Crippen LogP contribution < -0.4 is 10.6 Å². The molecule has 2 N–H and O–H groups in total. The Labute approximate surface area is 116 Å². The Bertz CT molecular complexity index is 479. The van der Waals surface area contributed by atoms with E-state index in [2.05, 4.69) is 10.6 Å². The number of carbonyl (C=O) groups excluding carboxylic acids is 1. The van der Waals surface area contributed by atoms with Crippen LogP contribution in [0.5, 0.6) is 0 Å². The van der Waals surface area contributed by atoms with E-state index in [1.165, 1.54) is 18.2 Å². The molecule has 0 heterocycles. The SMILES string of the molecule is CCNC(C)CC(=O)Nc1ccc(Cl)cc1[N+](=O)[O-]. The van der Waals surface area contributed by atoms with Gasteiger partial charge in [-0.15, -0.1) is 0 Å². The quantitative estimate of drug-likeness (QED) is 0.621. The fraction of sp³-hybridized carbons (Fsp3) is 0.417. The van der Waals surface area contributed by atoms with E-state index in [0.717, 1.165) is 6.54 Å². The summed E-state index contributed by atoms with van der Waals surface area (Å²) in [6.07, 6.45) is 0.244. The first kappa shape index (κ1) is 15.4. The number of rotatable bonds is 6. The molecule has 1 unspecified atom stereocenters. The molecule has 0 aliphatic rings. The predicted octanol–water partition coefficient (Wildman–Crippen LogP) is 2.57. The Morgan fingerprint density at radius 2 is 2.21 bits per heavy atom. The van der Waals surface area contributed by atoms with Crippen molar-refractivity contribution in [1.29, 1.82) is 0 Å². The Morgan fingerprint density at radius 1 is 1.53 bits per heavy atom. The monoisotopic (exact) mass is 285 g/mol. The van der Waals surface area contributed by atoms with Crippen LogP contribution in [0.15, 0.2) is 18.2 Å². The molecule has 0 saturated heterocycles. The number of amides is 1. The molecule has 7 heteroatoms. The molecule has 1 rings (SSSR count). The molecular formula is C12H16ClN3O3. The molecule has 0 aliphatic heterocycles. The predicted molar refractivity (Wildman–Crippen MR) is 74.5 cm³/mol. The number of benzene rings is 1. The van der Waals surface area contributed by atoms with Gasteiger partial charge >= 0.3 is 0 Å². The first-order valence-corrected chi connectivity index (χ1v) is 6.29. The Morgan fingerprint density at radius 3 is 2.79 bits per heavy atom. The van der Waals surface area contributed by atoms with Gasteiger partial charge in [0.05, 0.1) is 4.92 Å². The highest BCUT2D eigenvalue weighted by Crippen LogP contribution is 2.27. The molecule has 19 heavy (non-hydrogen) atoms. The third kappa shape index (κ3) is 4.84. The number of hydrogen-bond donors (Lipinski definition) is 2. The second kappa shape index (κ2) is 7.06. The summed E-state index contributed by atoms with van der Waals surface area (Å²) >= 11 is 5.70. The van der Waals surface area contributed by atoms with Crippen molar-refractivity contribution in [3.8, 4) is 0 Å². The second-order valence-corrected chi connectivity index (χ2v) is 4.57. The van der Waals surface area contributed by atoms with Gasteiger partial charge in [-0.3, -0.25) is 14.9 Å². The van der Waals surface area contributed by atoms with Crippen molar-refractivity contribution < 1.29 is 9.72 Å². The molecule has 0 saturated carbocycles.